The summed E-state index contributed by atoms with van der Waals surface area (Å²) in [5, 5.41) is 8.87. The first kappa shape index (κ1) is 18.7. The van der Waals surface area contributed by atoms with Gasteiger partial charge in [-0.25, -0.2) is 13.2 Å². The van der Waals surface area contributed by atoms with E-state index < -0.39 is 35.1 Å². The van der Waals surface area contributed by atoms with Crippen molar-refractivity contribution in [3.05, 3.63) is 47.8 Å². The summed E-state index contributed by atoms with van der Waals surface area (Å²) in [4.78, 5) is 10.8. The molecule has 4 rings (SSSR count). The van der Waals surface area contributed by atoms with E-state index in [1.165, 1.54) is 12.1 Å². The zero-order valence-electron chi connectivity index (χ0n) is 15.0. The summed E-state index contributed by atoms with van der Waals surface area (Å²) in [7, 11) is 0. The first-order valence-corrected chi connectivity index (χ1v) is 9.23. The van der Waals surface area contributed by atoms with Crippen molar-refractivity contribution in [3.8, 4) is 22.6 Å². The number of rotatable bonds is 7. The summed E-state index contributed by atoms with van der Waals surface area (Å²) < 4.78 is 53.6. The van der Waals surface area contributed by atoms with Gasteiger partial charge >= 0.3 is 5.97 Å². The maximum atomic E-state index is 14.4. The highest BCUT2D eigenvalue weighted by Crippen LogP contribution is 2.40. The second-order valence-corrected chi connectivity index (χ2v) is 7.37. The maximum absolute atomic E-state index is 14.4. The molecule has 2 fully saturated rings. The van der Waals surface area contributed by atoms with Crippen LogP contribution in [0.2, 0.25) is 0 Å². The Bertz CT molecular complexity index is 888. The van der Waals surface area contributed by atoms with E-state index in [-0.39, 0.29) is 24.2 Å². The molecule has 1 unspecified atom stereocenters. The molecule has 0 spiro atoms. The van der Waals surface area contributed by atoms with Gasteiger partial charge in [-0.2, -0.15) is 0 Å². The number of benzene rings is 2. The summed E-state index contributed by atoms with van der Waals surface area (Å²) in [6.45, 7) is -0.0660. The molecule has 2 aromatic rings. The Morgan fingerprint density at radius 2 is 1.71 bits per heavy atom. The Morgan fingerprint density at radius 3 is 2.29 bits per heavy atom. The number of aliphatic carboxylic acids is 1. The monoisotopic (exact) mass is 392 g/mol. The zero-order chi connectivity index (χ0) is 19.8. The molecule has 2 aliphatic carbocycles. The molecule has 0 bridgehead atoms. The van der Waals surface area contributed by atoms with E-state index in [1.54, 1.807) is 6.07 Å². The molecule has 2 saturated carbocycles. The van der Waals surface area contributed by atoms with Gasteiger partial charge in [0, 0.05) is 12.0 Å². The minimum absolute atomic E-state index is 0.0518. The standard InChI is InChI=1S/C21H19F3O4/c22-14-4-11(5-16(9-14)28-15-2-1-3-15)12-7-18(23)20(19(24)8-12)27-10-13-6-17(13)21(25)26/h4-5,7-9,13,15,17H,1-3,6,10H2,(H,25,26)/t13-,17?/m1/s1. The molecular formula is C21H19F3O4. The fraction of sp³-hybridized carbons (Fsp3) is 0.381. The third kappa shape index (κ3) is 3.93. The van der Waals surface area contributed by atoms with E-state index in [9.17, 15) is 18.0 Å². The molecule has 2 atom stereocenters. The largest absolute Gasteiger partial charge is 0.490 e. The number of carboxylic acids is 1. The van der Waals surface area contributed by atoms with E-state index in [2.05, 4.69) is 0 Å². The van der Waals surface area contributed by atoms with Gasteiger partial charge in [-0.05, 0) is 61.1 Å². The van der Waals surface area contributed by atoms with Crippen molar-refractivity contribution in [1.29, 1.82) is 0 Å². The van der Waals surface area contributed by atoms with Crippen LogP contribution in [0.25, 0.3) is 11.1 Å². The Labute approximate surface area is 159 Å². The molecular weight excluding hydrogens is 373 g/mol. The van der Waals surface area contributed by atoms with E-state index in [0.29, 0.717) is 17.7 Å². The lowest BCUT2D eigenvalue weighted by atomic mass is 9.96. The van der Waals surface area contributed by atoms with E-state index in [1.807, 2.05) is 0 Å². The number of hydrogen-bond acceptors (Lipinski definition) is 3. The Hall–Kier alpha value is -2.70. The molecule has 0 saturated heterocycles. The van der Waals surface area contributed by atoms with Crippen LogP contribution in [0.4, 0.5) is 13.2 Å². The maximum Gasteiger partial charge on any atom is 0.306 e. The molecule has 0 heterocycles. The minimum atomic E-state index is -0.934. The van der Waals surface area contributed by atoms with Crippen molar-refractivity contribution in [2.24, 2.45) is 11.8 Å². The predicted octanol–water partition coefficient (Wildman–Crippen LogP) is 4.80. The lowest BCUT2D eigenvalue weighted by Gasteiger charge is -2.26. The smallest absolute Gasteiger partial charge is 0.306 e. The van der Waals surface area contributed by atoms with Crippen LogP contribution >= 0.6 is 0 Å². The SMILES string of the molecule is O=C(O)C1C[C@@H]1COc1c(F)cc(-c2cc(F)cc(OC3CCC3)c2)cc1F. The van der Waals surface area contributed by atoms with Crippen LogP contribution in [0.3, 0.4) is 0 Å². The first-order valence-electron chi connectivity index (χ1n) is 9.23. The molecule has 1 N–H and O–H groups in total. The molecule has 0 amide bonds. The first-order chi connectivity index (χ1) is 13.4. The lowest BCUT2D eigenvalue weighted by Crippen LogP contribution is -2.24. The van der Waals surface area contributed by atoms with Gasteiger partial charge in [-0.1, -0.05) is 0 Å². The summed E-state index contributed by atoms with van der Waals surface area (Å²) >= 11 is 0. The minimum Gasteiger partial charge on any atom is -0.490 e. The van der Waals surface area contributed by atoms with Crippen molar-refractivity contribution in [3.63, 3.8) is 0 Å². The van der Waals surface area contributed by atoms with E-state index in [0.717, 1.165) is 31.4 Å². The third-order valence-corrected chi connectivity index (χ3v) is 5.24. The van der Waals surface area contributed by atoms with Crippen LogP contribution in [0.1, 0.15) is 25.7 Å². The Morgan fingerprint density at radius 1 is 1.04 bits per heavy atom. The second-order valence-electron chi connectivity index (χ2n) is 7.37. The second kappa shape index (κ2) is 7.37. The normalized spacial score (nSPS) is 21.1. The molecule has 4 nitrogen and oxygen atoms in total. The van der Waals surface area contributed by atoms with Gasteiger partial charge in [0.1, 0.15) is 11.6 Å². The number of carboxylic acid groups (broad SMARTS) is 1. The van der Waals surface area contributed by atoms with Gasteiger partial charge in [0.05, 0.1) is 18.6 Å². The molecule has 7 heteroatoms. The molecule has 28 heavy (non-hydrogen) atoms. The number of halogens is 3. The molecule has 148 valence electrons. The van der Waals surface area contributed by atoms with Crippen LogP contribution < -0.4 is 9.47 Å². The molecule has 0 aromatic heterocycles. The van der Waals surface area contributed by atoms with Gasteiger partial charge in [-0.3, -0.25) is 4.79 Å². The quantitative estimate of drug-likeness (QED) is 0.735. The molecule has 2 aliphatic rings. The highest BCUT2D eigenvalue weighted by Gasteiger charge is 2.43. The van der Waals surface area contributed by atoms with Crippen molar-refractivity contribution < 1.29 is 32.5 Å². The van der Waals surface area contributed by atoms with Crippen molar-refractivity contribution in [1.82, 2.24) is 0 Å². The van der Waals surface area contributed by atoms with Crippen LogP contribution in [0.15, 0.2) is 30.3 Å². The number of ether oxygens (including phenoxy) is 2. The van der Waals surface area contributed by atoms with Crippen molar-refractivity contribution >= 4 is 5.97 Å². The average Bonchev–Trinajstić information content (AvgIpc) is 3.37. The molecule has 2 aromatic carbocycles. The van der Waals surface area contributed by atoms with E-state index in [4.69, 9.17) is 14.6 Å². The highest BCUT2D eigenvalue weighted by molar-refractivity contribution is 5.73. The van der Waals surface area contributed by atoms with Gasteiger partial charge in [0.15, 0.2) is 17.4 Å². The summed E-state index contributed by atoms with van der Waals surface area (Å²) in [5.41, 5.74) is 0.460. The van der Waals surface area contributed by atoms with Crippen molar-refractivity contribution in [2.45, 2.75) is 31.8 Å². The highest BCUT2D eigenvalue weighted by atomic mass is 19.1. The Kier molecular flexibility index (Phi) is 4.91. The van der Waals surface area contributed by atoms with Crippen molar-refractivity contribution in [2.75, 3.05) is 6.61 Å². The number of hydrogen-bond donors (Lipinski definition) is 1. The zero-order valence-corrected chi connectivity index (χ0v) is 15.0. The number of carbonyl (C=O) groups is 1. The summed E-state index contributed by atoms with van der Waals surface area (Å²) in [6.07, 6.45) is 3.37. The third-order valence-electron chi connectivity index (χ3n) is 5.24. The van der Waals surface area contributed by atoms with Crippen LogP contribution in [-0.2, 0) is 4.79 Å². The predicted molar refractivity (Wildman–Crippen MR) is 94.7 cm³/mol. The van der Waals surface area contributed by atoms with Crippen LogP contribution in [0.5, 0.6) is 11.5 Å². The lowest BCUT2D eigenvalue weighted by molar-refractivity contribution is -0.138. The molecule has 0 aliphatic heterocycles. The van der Waals surface area contributed by atoms with Crippen LogP contribution in [0, 0.1) is 29.3 Å². The van der Waals surface area contributed by atoms with Gasteiger partial charge in [0.25, 0.3) is 0 Å². The average molecular weight is 392 g/mol. The van der Waals surface area contributed by atoms with Crippen LogP contribution in [-0.4, -0.2) is 23.8 Å². The molecule has 0 radical (unpaired) electrons. The topological polar surface area (TPSA) is 55.8 Å². The summed E-state index contributed by atoms with van der Waals surface area (Å²) in [6, 6.07) is 6.13. The van der Waals surface area contributed by atoms with Gasteiger partial charge in [-0.15, -0.1) is 0 Å². The fourth-order valence-corrected chi connectivity index (χ4v) is 3.27. The van der Waals surface area contributed by atoms with Gasteiger partial charge < -0.3 is 14.6 Å². The van der Waals surface area contributed by atoms with E-state index >= 15 is 0 Å². The van der Waals surface area contributed by atoms with Gasteiger partial charge in [0.2, 0.25) is 0 Å². The Balaban J connectivity index is 1.51. The summed E-state index contributed by atoms with van der Waals surface area (Å²) in [5.74, 6) is -4.33. The fourth-order valence-electron chi connectivity index (χ4n) is 3.27.